The van der Waals surface area contributed by atoms with Crippen LogP contribution in [0.4, 0.5) is 11.4 Å². The Morgan fingerprint density at radius 2 is 1.81 bits per heavy atom. The minimum Gasteiger partial charge on any atom is -0.399 e. The van der Waals surface area contributed by atoms with E-state index >= 15 is 0 Å². The number of anilines is 2. The van der Waals surface area contributed by atoms with E-state index in [9.17, 15) is 4.79 Å². The zero-order valence-electron chi connectivity index (χ0n) is 13.5. The molecule has 5 heteroatoms. The smallest absolute Gasteiger partial charge is 0.256 e. The standard InChI is InChI=1S/C16H26N4O/c1-12(2)19-7-9-20(10-8-19)16(21)14-11-13(17)5-6-15(14)18(3)4/h5-6,11-12H,7-10,17H2,1-4H3. The van der Waals surface area contributed by atoms with Crippen LogP contribution in [0, 0.1) is 0 Å². The lowest BCUT2D eigenvalue weighted by Gasteiger charge is -2.37. The maximum atomic E-state index is 12.8. The van der Waals surface area contributed by atoms with Gasteiger partial charge in [-0.2, -0.15) is 0 Å². The van der Waals surface area contributed by atoms with Gasteiger partial charge in [0.05, 0.1) is 5.56 Å². The summed E-state index contributed by atoms with van der Waals surface area (Å²) in [7, 11) is 3.89. The van der Waals surface area contributed by atoms with Crippen molar-refractivity contribution < 1.29 is 4.79 Å². The summed E-state index contributed by atoms with van der Waals surface area (Å²) in [6.07, 6.45) is 0. The molecule has 5 nitrogen and oxygen atoms in total. The first-order valence-corrected chi connectivity index (χ1v) is 7.50. The molecule has 1 saturated heterocycles. The van der Waals surface area contributed by atoms with Crippen molar-refractivity contribution in [2.75, 3.05) is 50.9 Å². The van der Waals surface area contributed by atoms with E-state index in [2.05, 4.69) is 18.7 Å². The van der Waals surface area contributed by atoms with E-state index in [0.717, 1.165) is 31.9 Å². The number of carbonyl (C=O) groups excluding carboxylic acids is 1. The number of nitrogens with zero attached hydrogens (tertiary/aromatic N) is 3. The van der Waals surface area contributed by atoms with Gasteiger partial charge in [0.25, 0.3) is 5.91 Å². The second-order valence-electron chi connectivity index (χ2n) is 6.09. The van der Waals surface area contributed by atoms with Gasteiger partial charge < -0.3 is 15.5 Å². The molecule has 1 aliphatic rings. The first-order valence-electron chi connectivity index (χ1n) is 7.50. The number of benzene rings is 1. The molecule has 0 saturated carbocycles. The fourth-order valence-corrected chi connectivity index (χ4v) is 2.73. The fourth-order valence-electron chi connectivity index (χ4n) is 2.73. The molecular weight excluding hydrogens is 264 g/mol. The lowest BCUT2D eigenvalue weighted by molar-refractivity contribution is 0.0596. The van der Waals surface area contributed by atoms with E-state index in [0.29, 0.717) is 17.3 Å². The predicted octanol–water partition coefficient (Wildman–Crippen LogP) is 1.50. The third-order valence-electron chi connectivity index (χ3n) is 4.06. The van der Waals surface area contributed by atoms with Gasteiger partial charge >= 0.3 is 0 Å². The molecule has 1 aliphatic heterocycles. The second kappa shape index (κ2) is 6.35. The number of hydrogen-bond donors (Lipinski definition) is 1. The Labute approximate surface area is 127 Å². The molecule has 0 aliphatic carbocycles. The zero-order valence-corrected chi connectivity index (χ0v) is 13.5. The van der Waals surface area contributed by atoms with Crippen molar-refractivity contribution in [3.63, 3.8) is 0 Å². The lowest BCUT2D eigenvalue weighted by Crippen LogP contribution is -2.50. The van der Waals surface area contributed by atoms with Gasteiger partial charge in [0.1, 0.15) is 0 Å². The third kappa shape index (κ3) is 3.47. The summed E-state index contributed by atoms with van der Waals surface area (Å²) in [6, 6.07) is 6.06. The number of hydrogen-bond acceptors (Lipinski definition) is 4. The van der Waals surface area contributed by atoms with Crippen molar-refractivity contribution in [2.45, 2.75) is 19.9 Å². The minimum absolute atomic E-state index is 0.0782. The van der Waals surface area contributed by atoms with Crippen LogP contribution in [0.3, 0.4) is 0 Å². The van der Waals surface area contributed by atoms with Crippen LogP contribution in [0.5, 0.6) is 0 Å². The molecule has 0 aromatic heterocycles. The van der Waals surface area contributed by atoms with Crippen LogP contribution in [0.1, 0.15) is 24.2 Å². The lowest BCUT2D eigenvalue weighted by atomic mass is 10.1. The van der Waals surface area contributed by atoms with Gasteiger partial charge in [-0.05, 0) is 32.0 Å². The maximum absolute atomic E-state index is 12.8. The quantitative estimate of drug-likeness (QED) is 0.857. The normalized spacial score (nSPS) is 16.3. The average Bonchev–Trinajstić information content (AvgIpc) is 2.46. The molecule has 0 unspecified atom stereocenters. The Bertz CT molecular complexity index is 505. The van der Waals surface area contributed by atoms with E-state index in [4.69, 9.17) is 5.73 Å². The van der Waals surface area contributed by atoms with Crippen molar-refractivity contribution in [3.8, 4) is 0 Å². The number of nitrogen functional groups attached to an aromatic ring is 1. The van der Waals surface area contributed by atoms with Crippen LogP contribution in [0.25, 0.3) is 0 Å². The Balaban J connectivity index is 2.16. The van der Waals surface area contributed by atoms with Gasteiger partial charge in [-0.1, -0.05) is 0 Å². The summed E-state index contributed by atoms with van der Waals surface area (Å²) in [6.45, 7) is 7.81. The van der Waals surface area contributed by atoms with Crippen LogP contribution in [-0.2, 0) is 0 Å². The minimum atomic E-state index is 0.0782. The van der Waals surface area contributed by atoms with Gasteiger partial charge in [-0.15, -0.1) is 0 Å². The number of rotatable bonds is 3. The monoisotopic (exact) mass is 290 g/mol. The molecule has 21 heavy (non-hydrogen) atoms. The fraction of sp³-hybridized carbons (Fsp3) is 0.562. The molecule has 116 valence electrons. The van der Waals surface area contributed by atoms with Crippen LogP contribution < -0.4 is 10.6 Å². The van der Waals surface area contributed by atoms with Crippen LogP contribution in [-0.4, -0.2) is 62.0 Å². The Kier molecular flexibility index (Phi) is 4.73. The van der Waals surface area contributed by atoms with Crippen LogP contribution in [0.2, 0.25) is 0 Å². The highest BCUT2D eigenvalue weighted by Crippen LogP contribution is 2.23. The van der Waals surface area contributed by atoms with Gasteiger partial charge in [0.2, 0.25) is 0 Å². The van der Waals surface area contributed by atoms with Crippen molar-refractivity contribution in [2.24, 2.45) is 0 Å². The first-order chi connectivity index (χ1) is 9.90. The van der Waals surface area contributed by atoms with Crippen molar-refractivity contribution in [3.05, 3.63) is 23.8 Å². The van der Waals surface area contributed by atoms with Gasteiger partial charge in [0, 0.05) is 57.7 Å². The van der Waals surface area contributed by atoms with Gasteiger partial charge in [0.15, 0.2) is 0 Å². The first kappa shape index (κ1) is 15.6. The van der Waals surface area contributed by atoms with E-state index in [1.54, 1.807) is 6.07 Å². The van der Waals surface area contributed by atoms with Gasteiger partial charge in [-0.3, -0.25) is 9.69 Å². The van der Waals surface area contributed by atoms with Crippen molar-refractivity contribution in [1.82, 2.24) is 9.80 Å². The highest BCUT2D eigenvalue weighted by molar-refractivity contribution is 6.00. The third-order valence-corrected chi connectivity index (χ3v) is 4.06. The Morgan fingerprint density at radius 3 is 2.33 bits per heavy atom. The zero-order chi connectivity index (χ0) is 15.6. The Morgan fingerprint density at radius 1 is 1.19 bits per heavy atom. The maximum Gasteiger partial charge on any atom is 0.256 e. The van der Waals surface area contributed by atoms with Crippen molar-refractivity contribution >= 4 is 17.3 Å². The topological polar surface area (TPSA) is 52.8 Å². The van der Waals surface area contributed by atoms with Crippen LogP contribution in [0.15, 0.2) is 18.2 Å². The average molecular weight is 290 g/mol. The second-order valence-corrected chi connectivity index (χ2v) is 6.09. The van der Waals surface area contributed by atoms with E-state index in [1.165, 1.54) is 0 Å². The number of carbonyl (C=O) groups is 1. The molecule has 1 amide bonds. The summed E-state index contributed by atoms with van der Waals surface area (Å²) >= 11 is 0. The van der Waals surface area contributed by atoms with Crippen LogP contribution >= 0.6 is 0 Å². The molecule has 0 bridgehead atoms. The summed E-state index contributed by atoms with van der Waals surface area (Å²) in [4.78, 5) is 19.1. The largest absolute Gasteiger partial charge is 0.399 e. The summed E-state index contributed by atoms with van der Waals surface area (Å²) in [5, 5.41) is 0. The summed E-state index contributed by atoms with van der Waals surface area (Å²) < 4.78 is 0. The molecule has 1 aromatic carbocycles. The SMILES string of the molecule is CC(C)N1CCN(C(=O)c2cc(N)ccc2N(C)C)CC1. The summed E-state index contributed by atoms with van der Waals surface area (Å²) in [5.41, 5.74) is 8.10. The number of amides is 1. The molecule has 1 heterocycles. The Hall–Kier alpha value is -1.75. The molecule has 1 aromatic rings. The van der Waals surface area contributed by atoms with Crippen molar-refractivity contribution in [1.29, 1.82) is 0 Å². The van der Waals surface area contributed by atoms with E-state index < -0.39 is 0 Å². The molecule has 2 N–H and O–H groups in total. The highest BCUT2D eigenvalue weighted by atomic mass is 16.2. The predicted molar refractivity (Wildman–Crippen MR) is 87.8 cm³/mol. The molecule has 0 atom stereocenters. The number of piperazine rings is 1. The van der Waals surface area contributed by atoms with E-state index in [1.807, 2.05) is 36.0 Å². The highest BCUT2D eigenvalue weighted by Gasteiger charge is 2.25. The molecule has 2 rings (SSSR count). The molecule has 1 fully saturated rings. The molecule has 0 spiro atoms. The number of nitrogens with two attached hydrogens (primary N) is 1. The van der Waals surface area contributed by atoms with Gasteiger partial charge in [-0.25, -0.2) is 0 Å². The molecular formula is C16H26N4O. The van der Waals surface area contributed by atoms with E-state index in [-0.39, 0.29) is 5.91 Å². The summed E-state index contributed by atoms with van der Waals surface area (Å²) in [5.74, 6) is 0.0782. The molecule has 0 radical (unpaired) electrons.